The summed E-state index contributed by atoms with van der Waals surface area (Å²) in [6.07, 6.45) is 0.838. The molecule has 0 saturated carbocycles. The lowest BCUT2D eigenvalue weighted by molar-refractivity contribution is 0.586. The fraction of sp³-hybridized carbons (Fsp3) is 0.333. The van der Waals surface area contributed by atoms with Crippen molar-refractivity contribution in [2.24, 2.45) is 5.84 Å². The molecule has 3 N–H and O–H groups in total. The van der Waals surface area contributed by atoms with E-state index in [2.05, 4.69) is 0 Å². The highest BCUT2D eigenvalue weighted by Gasteiger charge is 2.13. The lowest BCUT2D eigenvalue weighted by atomic mass is 10.4. The molecular weight excluding hydrogens is 196 g/mol. The highest BCUT2D eigenvalue weighted by molar-refractivity contribution is 7.91. The van der Waals surface area contributed by atoms with Crippen LogP contribution in [0.3, 0.4) is 0 Å². The molecule has 0 spiro atoms. The van der Waals surface area contributed by atoms with Crippen molar-refractivity contribution in [1.29, 1.82) is 0 Å². The number of hydrogen-bond donors (Lipinski definition) is 2. The van der Waals surface area contributed by atoms with Gasteiger partial charge in [0, 0.05) is 4.88 Å². The number of thiophene rings is 1. The summed E-state index contributed by atoms with van der Waals surface area (Å²) in [6.45, 7) is 1.97. The maximum atomic E-state index is 11.1. The molecule has 1 aromatic heterocycles. The molecule has 0 aliphatic carbocycles. The number of nitrogens with one attached hydrogen (secondary N) is 1. The van der Waals surface area contributed by atoms with Gasteiger partial charge in [-0.25, -0.2) is 8.42 Å². The summed E-state index contributed by atoms with van der Waals surface area (Å²) < 4.78 is 22.5. The van der Waals surface area contributed by atoms with Crippen molar-refractivity contribution in [1.82, 2.24) is 4.83 Å². The minimum Gasteiger partial charge on any atom is -0.257 e. The van der Waals surface area contributed by atoms with E-state index in [0.717, 1.165) is 11.3 Å². The molecule has 1 aromatic rings. The molecule has 6 heteroatoms. The van der Waals surface area contributed by atoms with E-state index in [-0.39, 0.29) is 4.21 Å². The highest BCUT2D eigenvalue weighted by Crippen LogP contribution is 2.20. The first-order valence-corrected chi connectivity index (χ1v) is 5.71. The monoisotopic (exact) mass is 206 g/mol. The molecule has 0 aliphatic heterocycles. The standard InChI is InChI=1S/C6H10N2O2S2/c1-2-5-3-4-6(11-5)12(9,10)8-7/h3-4,8H,2,7H2,1H3. The third kappa shape index (κ3) is 1.84. The molecule has 0 radical (unpaired) electrons. The van der Waals surface area contributed by atoms with Crippen LogP contribution in [-0.2, 0) is 16.4 Å². The zero-order chi connectivity index (χ0) is 9.19. The van der Waals surface area contributed by atoms with E-state index < -0.39 is 10.0 Å². The number of hydrogen-bond acceptors (Lipinski definition) is 4. The van der Waals surface area contributed by atoms with Gasteiger partial charge in [0.05, 0.1) is 0 Å². The van der Waals surface area contributed by atoms with Crippen LogP contribution in [0.4, 0.5) is 0 Å². The summed E-state index contributed by atoms with van der Waals surface area (Å²) in [7, 11) is -3.44. The van der Waals surface area contributed by atoms with Crippen LogP contribution < -0.4 is 10.7 Å². The average Bonchev–Trinajstić information content (AvgIpc) is 2.52. The molecule has 0 atom stereocenters. The van der Waals surface area contributed by atoms with E-state index in [9.17, 15) is 8.42 Å². The van der Waals surface area contributed by atoms with Gasteiger partial charge in [-0.15, -0.1) is 16.2 Å². The van der Waals surface area contributed by atoms with Crippen LogP contribution in [0.25, 0.3) is 0 Å². The Kier molecular flexibility index (Phi) is 2.84. The van der Waals surface area contributed by atoms with Gasteiger partial charge in [0.15, 0.2) is 0 Å². The summed E-state index contributed by atoms with van der Waals surface area (Å²) in [4.78, 5) is 2.81. The van der Waals surface area contributed by atoms with Crippen LogP contribution in [-0.4, -0.2) is 8.42 Å². The number of aryl methyl sites for hydroxylation is 1. The van der Waals surface area contributed by atoms with Crippen LogP contribution in [0, 0.1) is 0 Å². The molecule has 68 valence electrons. The average molecular weight is 206 g/mol. The summed E-state index contributed by atoms with van der Waals surface area (Å²) >= 11 is 1.23. The van der Waals surface area contributed by atoms with Gasteiger partial charge in [0.1, 0.15) is 4.21 Å². The van der Waals surface area contributed by atoms with Gasteiger partial charge < -0.3 is 0 Å². The minimum atomic E-state index is -3.44. The first kappa shape index (κ1) is 9.66. The third-order valence-corrected chi connectivity index (χ3v) is 4.31. The van der Waals surface area contributed by atoms with Crippen molar-refractivity contribution < 1.29 is 8.42 Å². The van der Waals surface area contributed by atoms with Crippen LogP contribution in [0.2, 0.25) is 0 Å². The topological polar surface area (TPSA) is 72.2 Å². The second-order valence-electron chi connectivity index (χ2n) is 2.20. The van der Waals surface area contributed by atoms with E-state index in [1.54, 1.807) is 17.0 Å². The molecular formula is C6H10N2O2S2. The summed E-state index contributed by atoms with van der Waals surface area (Å²) in [6, 6.07) is 3.34. The first-order valence-electron chi connectivity index (χ1n) is 3.41. The summed E-state index contributed by atoms with van der Waals surface area (Å²) in [5, 5.41) is 0. The minimum absolute atomic E-state index is 0.266. The normalized spacial score (nSPS) is 11.8. The lowest BCUT2D eigenvalue weighted by Gasteiger charge is -1.95. The molecule has 0 saturated heterocycles. The Morgan fingerprint density at radius 1 is 1.58 bits per heavy atom. The number of hydrazine groups is 1. The predicted molar refractivity (Wildman–Crippen MR) is 48.2 cm³/mol. The van der Waals surface area contributed by atoms with Crippen LogP contribution in [0.15, 0.2) is 16.3 Å². The summed E-state index contributed by atoms with van der Waals surface area (Å²) in [5.74, 6) is 4.86. The lowest BCUT2D eigenvalue weighted by Crippen LogP contribution is -2.29. The van der Waals surface area contributed by atoms with Gasteiger partial charge in [0.2, 0.25) is 0 Å². The number of sulfonamides is 1. The number of rotatable bonds is 3. The Labute approximate surface area is 75.4 Å². The molecule has 0 bridgehead atoms. The molecule has 1 rings (SSSR count). The van der Waals surface area contributed by atoms with Gasteiger partial charge in [-0.1, -0.05) is 6.92 Å². The Hall–Kier alpha value is -0.430. The highest BCUT2D eigenvalue weighted by atomic mass is 32.2. The van der Waals surface area contributed by atoms with Gasteiger partial charge in [-0.3, -0.25) is 5.84 Å². The van der Waals surface area contributed by atoms with Gasteiger partial charge >= 0.3 is 0 Å². The van der Waals surface area contributed by atoms with Crippen molar-refractivity contribution in [3.05, 3.63) is 17.0 Å². The van der Waals surface area contributed by atoms with E-state index in [0.29, 0.717) is 0 Å². The molecule has 0 unspecified atom stereocenters. The Bertz CT molecular complexity index is 355. The Morgan fingerprint density at radius 2 is 2.25 bits per heavy atom. The van der Waals surface area contributed by atoms with Crippen molar-refractivity contribution >= 4 is 21.4 Å². The quantitative estimate of drug-likeness (QED) is 0.557. The number of nitrogens with two attached hydrogens (primary N) is 1. The second kappa shape index (κ2) is 3.53. The molecule has 0 aromatic carbocycles. The maximum absolute atomic E-state index is 11.1. The molecule has 0 amide bonds. The van der Waals surface area contributed by atoms with E-state index >= 15 is 0 Å². The van der Waals surface area contributed by atoms with Crippen molar-refractivity contribution in [2.45, 2.75) is 17.6 Å². The zero-order valence-corrected chi connectivity index (χ0v) is 8.21. The predicted octanol–water partition coefficient (Wildman–Crippen LogP) is 0.463. The van der Waals surface area contributed by atoms with Crippen molar-refractivity contribution in [2.75, 3.05) is 0 Å². The van der Waals surface area contributed by atoms with Gasteiger partial charge in [-0.2, -0.15) is 0 Å². The van der Waals surface area contributed by atoms with Gasteiger partial charge in [0.25, 0.3) is 10.0 Å². The third-order valence-electron chi connectivity index (χ3n) is 1.41. The first-order chi connectivity index (χ1) is 5.60. The Morgan fingerprint density at radius 3 is 2.67 bits per heavy atom. The molecule has 0 fully saturated rings. The molecule has 4 nitrogen and oxygen atoms in total. The van der Waals surface area contributed by atoms with E-state index in [1.165, 1.54) is 11.3 Å². The van der Waals surface area contributed by atoms with Crippen LogP contribution in [0.1, 0.15) is 11.8 Å². The molecule has 1 heterocycles. The fourth-order valence-electron chi connectivity index (χ4n) is 0.751. The zero-order valence-electron chi connectivity index (χ0n) is 6.57. The van der Waals surface area contributed by atoms with Crippen molar-refractivity contribution in [3.8, 4) is 0 Å². The fourth-order valence-corrected chi connectivity index (χ4v) is 2.69. The smallest absolute Gasteiger partial charge is 0.257 e. The second-order valence-corrected chi connectivity index (χ2v) is 5.30. The van der Waals surface area contributed by atoms with E-state index in [1.807, 2.05) is 6.92 Å². The summed E-state index contributed by atoms with van der Waals surface area (Å²) in [5.41, 5.74) is 0. The molecule has 12 heavy (non-hydrogen) atoms. The Balaban J connectivity index is 3.05. The van der Waals surface area contributed by atoms with Crippen LogP contribution >= 0.6 is 11.3 Å². The van der Waals surface area contributed by atoms with Crippen LogP contribution in [0.5, 0.6) is 0 Å². The van der Waals surface area contributed by atoms with E-state index in [4.69, 9.17) is 5.84 Å². The maximum Gasteiger partial charge on any atom is 0.262 e. The molecule has 0 aliphatic rings. The largest absolute Gasteiger partial charge is 0.262 e. The van der Waals surface area contributed by atoms with Gasteiger partial charge in [-0.05, 0) is 18.6 Å². The SMILES string of the molecule is CCc1ccc(S(=O)(=O)NN)s1. The van der Waals surface area contributed by atoms with Crippen molar-refractivity contribution in [3.63, 3.8) is 0 Å².